The smallest absolute Gasteiger partial charge is 0.149 e. The third kappa shape index (κ3) is 2.32. The number of nitrogens with zero attached hydrogens (tertiary/aromatic N) is 3. The molecule has 0 amide bonds. The third-order valence-corrected chi connectivity index (χ3v) is 5.22. The van der Waals surface area contributed by atoms with Crippen LogP contribution < -0.4 is 0 Å². The summed E-state index contributed by atoms with van der Waals surface area (Å²) in [5.41, 5.74) is 4.16. The first-order chi connectivity index (χ1) is 15.5. The lowest BCUT2D eigenvalue weighted by atomic mass is 10.1. The van der Waals surface area contributed by atoms with Crippen LogP contribution in [0.25, 0.3) is 50.0 Å². The monoisotopic (exact) mass is 378 g/mol. The van der Waals surface area contributed by atoms with E-state index in [1.54, 1.807) is 6.07 Å². The molecule has 0 saturated carbocycles. The Morgan fingerprint density at radius 3 is 2.59 bits per heavy atom. The molecule has 0 N–H and O–H groups in total. The van der Waals surface area contributed by atoms with Crippen LogP contribution in [-0.2, 0) is 0 Å². The van der Waals surface area contributed by atoms with E-state index in [1.807, 2.05) is 77.4 Å². The van der Waals surface area contributed by atoms with E-state index in [0.29, 0.717) is 22.4 Å². The lowest BCUT2D eigenvalue weighted by molar-refractivity contribution is 0.669. The van der Waals surface area contributed by atoms with E-state index < -0.39 is 6.85 Å². The van der Waals surface area contributed by atoms with Crippen LogP contribution in [0.2, 0.25) is 0 Å². The van der Waals surface area contributed by atoms with Crippen molar-refractivity contribution in [2.75, 3.05) is 0 Å². The lowest BCUT2D eigenvalue weighted by Crippen LogP contribution is -1.99. The van der Waals surface area contributed by atoms with Crippen molar-refractivity contribution in [2.45, 2.75) is 6.85 Å². The van der Waals surface area contributed by atoms with Crippen LogP contribution in [0.4, 0.5) is 0 Å². The van der Waals surface area contributed by atoms with Crippen LogP contribution in [0.5, 0.6) is 0 Å². The van der Waals surface area contributed by atoms with E-state index in [1.165, 1.54) is 6.20 Å². The maximum atomic E-state index is 8.04. The summed E-state index contributed by atoms with van der Waals surface area (Å²) in [7, 11) is 0. The Labute approximate surface area is 171 Å². The number of furan rings is 1. The molecule has 4 heteroatoms. The fourth-order valence-corrected chi connectivity index (χ4v) is 3.96. The highest BCUT2D eigenvalue weighted by molar-refractivity contribution is 6.09. The van der Waals surface area contributed by atoms with E-state index in [9.17, 15) is 0 Å². The number of benzene rings is 3. The third-order valence-electron chi connectivity index (χ3n) is 5.22. The second-order valence-electron chi connectivity index (χ2n) is 6.91. The fraction of sp³-hybridized carbons (Fsp3) is 0.0400. The van der Waals surface area contributed by atoms with Crippen LogP contribution in [-0.4, -0.2) is 14.5 Å². The standard InChI is InChI=1S/C25H17N3O/c1-16-23-21(14-15-26-16)27-25(28(23)17-8-3-2-4-9-17)20-12-7-11-19-18-10-5-6-13-22(18)29-24(19)20/h2-15H,1H3/i1D3. The minimum absolute atomic E-state index is 0.0226. The van der Waals surface area contributed by atoms with Crippen LogP contribution >= 0.6 is 0 Å². The van der Waals surface area contributed by atoms with E-state index in [4.69, 9.17) is 13.5 Å². The molecule has 138 valence electrons. The fourth-order valence-electron chi connectivity index (χ4n) is 3.96. The molecule has 3 aromatic heterocycles. The van der Waals surface area contributed by atoms with Gasteiger partial charge in [-0.2, -0.15) is 0 Å². The summed E-state index contributed by atoms with van der Waals surface area (Å²) in [6, 6.07) is 25.2. The molecule has 0 saturated heterocycles. The molecular weight excluding hydrogens is 358 g/mol. The number of rotatable bonds is 2. The molecule has 0 aliphatic heterocycles. The number of hydrogen-bond acceptors (Lipinski definition) is 3. The average molecular weight is 378 g/mol. The normalized spacial score (nSPS) is 13.6. The van der Waals surface area contributed by atoms with Crippen molar-refractivity contribution < 1.29 is 8.53 Å². The number of imidazole rings is 1. The number of para-hydroxylation sites is 3. The van der Waals surface area contributed by atoms with Crippen LogP contribution in [0.1, 0.15) is 9.81 Å². The summed E-state index contributed by atoms with van der Waals surface area (Å²) in [4.78, 5) is 9.09. The first-order valence-electron chi connectivity index (χ1n) is 10.9. The molecule has 0 spiro atoms. The first-order valence-corrected chi connectivity index (χ1v) is 9.36. The Balaban J connectivity index is 1.77. The van der Waals surface area contributed by atoms with E-state index >= 15 is 0 Å². The van der Waals surface area contributed by atoms with E-state index in [-0.39, 0.29) is 5.69 Å². The zero-order valence-electron chi connectivity index (χ0n) is 18.3. The van der Waals surface area contributed by atoms with Crippen molar-refractivity contribution >= 4 is 33.0 Å². The molecule has 0 atom stereocenters. The molecule has 0 fully saturated rings. The number of fused-ring (bicyclic) bond motifs is 4. The molecule has 3 aromatic carbocycles. The Hall–Kier alpha value is -3.92. The molecular formula is C25H17N3O. The summed E-state index contributed by atoms with van der Waals surface area (Å²) >= 11 is 0. The minimum atomic E-state index is -2.38. The summed E-state index contributed by atoms with van der Waals surface area (Å²) < 4.78 is 32.2. The van der Waals surface area contributed by atoms with Gasteiger partial charge in [-0.1, -0.05) is 48.5 Å². The molecule has 0 radical (unpaired) electrons. The van der Waals surface area contributed by atoms with Gasteiger partial charge in [-0.15, -0.1) is 0 Å². The quantitative estimate of drug-likeness (QED) is 0.355. The molecule has 4 nitrogen and oxygen atoms in total. The van der Waals surface area contributed by atoms with Crippen LogP contribution in [0, 0.1) is 6.85 Å². The van der Waals surface area contributed by atoms with Gasteiger partial charge in [-0.3, -0.25) is 9.55 Å². The predicted octanol–water partition coefficient (Wildman–Crippen LogP) is 6.30. The second kappa shape index (κ2) is 6.04. The Bertz CT molecular complexity index is 1610. The summed E-state index contributed by atoms with van der Waals surface area (Å²) in [6.45, 7) is -2.38. The average Bonchev–Trinajstić information content (AvgIpc) is 3.37. The highest BCUT2D eigenvalue weighted by atomic mass is 16.3. The molecule has 3 heterocycles. The van der Waals surface area contributed by atoms with Crippen molar-refractivity contribution in [1.29, 1.82) is 0 Å². The zero-order valence-corrected chi connectivity index (χ0v) is 15.3. The summed E-state index contributed by atoms with van der Waals surface area (Å²) in [6.07, 6.45) is 1.50. The van der Waals surface area contributed by atoms with E-state index in [0.717, 1.165) is 27.6 Å². The largest absolute Gasteiger partial charge is 0.455 e. The Kier molecular flexibility index (Phi) is 2.77. The van der Waals surface area contributed by atoms with Gasteiger partial charge in [0.25, 0.3) is 0 Å². The second-order valence-corrected chi connectivity index (χ2v) is 6.91. The summed E-state index contributed by atoms with van der Waals surface area (Å²) in [5, 5.41) is 2.01. The van der Waals surface area contributed by atoms with E-state index in [2.05, 4.69) is 4.98 Å². The lowest BCUT2D eigenvalue weighted by Gasteiger charge is -2.10. The van der Waals surface area contributed by atoms with Gasteiger partial charge in [0.05, 0.1) is 22.3 Å². The Morgan fingerprint density at radius 1 is 0.862 bits per heavy atom. The number of aromatic nitrogens is 3. The van der Waals surface area contributed by atoms with Gasteiger partial charge in [-0.25, -0.2) is 4.98 Å². The van der Waals surface area contributed by atoms with Crippen LogP contribution in [0.15, 0.2) is 89.5 Å². The summed E-state index contributed by atoms with van der Waals surface area (Å²) in [5.74, 6) is 0.606. The van der Waals surface area contributed by atoms with Gasteiger partial charge in [-0.05, 0) is 37.2 Å². The van der Waals surface area contributed by atoms with Crippen molar-refractivity contribution in [3.63, 3.8) is 0 Å². The zero-order chi connectivity index (χ0) is 21.9. The maximum Gasteiger partial charge on any atom is 0.149 e. The molecule has 6 rings (SSSR count). The van der Waals surface area contributed by atoms with Gasteiger partial charge < -0.3 is 4.42 Å². The number of aryl methyl sites for hydroxylation is 1. The molecule has 0 aliphatic rings. The number of hydrogen-bond donors (Lipinski definition) is 0. The molecule has 0 aliphatic carbocycles. The molecule has 6 aromatic rings. The highest BCUT2D eigenvalue weighted by Gasteiger charge is 2.20. The molecule has 29 heavy (non-hydrogen) atoms. The van der Waals surface area contributed by atoms with Gasteiger partial charge in [0.1, 0.15) is 17.0 Å². The van der Waals surface area contributed by atoms with Gasteiger partial charge in [0.15, 0.2) is 0 Å². The van der Waals surface area contributed by atoms with Gasteiger partial charge in [0.2, 0.25) is 0 Å². The first kappa shape index (κ1) is 13.3. The van der Waals surface area contributed by atoms with Crippen LogP contribution in [0.3, 0.4) is 0 Å². The molecule has 0 unspecified atom stereocenters. The Morgan fingerprint density at radius 2 is 1.69 bits per heavy atom. The van der Waals surface area contributed by atoms with Gasteiger partial charge >= 0.3 is 0 Å². The minimum Gasteiger partial charge on any atom is -0.455 e. The molecule has 0 bridgehead atoms. The van der Waals surface area contributed by atoms with Crippen molar-refractivity contribution in [3.8, 4) is 17.1 Å². The predicted molar refractivity (Wildman–Crippen MR) is 116 cm³/mol. The maximum absolute atomic E-state index is 8.04. The van der Waals surface area contributed by atoms with Crippen molar-refractivity contribution in [3.05, 3.63) is 90.8 Å². The highest BCUT2D eigenvalue weighted by Crippen LogP contribution is 2.37. The van der Waals surface area contributed by atoms with Crippen molar-refractivity contribution in [1.82, 2.24) is 14.5 Å². The topological polar surface area (TPSA) is 43.9 Å². The SMILES string of the molecule is [2H]C([2H])([2H])c1nccc2nc(-c3cccc4c3oc3ccccc34)n(-c3ccccc3)c12. The number of pyridine rings is 1. The van der Waals surface area contributed by atoms with Crippen molar-refractivity contribution in [2.24, 2.45) is 0 Å². The van der Waals surface area contributed by atoms with Gasteiger partial charge in [0, 0.05) is 26.8 Å².